The van der Waals surface area contributed by atoms with Gasteiger partial charge in [0, 0.05) is 17.8 Å². The van der Waals surface area contributed by atoms with Gasteiger partial charge in [-0.25, -0.2) is 4.98 Å². The highest BCUT2D eigenvalue weighted by molar-refractivity contribution is 6.32. The Hall–Kier alpha value is -1.99. The van der Waals surface area contributed by atoms with Crippen molar-refractivity contribution in [2.45, 2.75) is 12.7 Å². The molecule has 1 aromatic heterocycles. The quantitative estimate of drug-likeness (QED) is 0.845. The summed E-state index contributed by atoms with van der Waals surface area (Å²) in [6.07, 6.45) is -3.42. The first-order valence-electron chi connectivity index (χ1n) is 6.63. The maximum absolute atomic E-state index is 12.1. The van der Waals surface area contributed by atoms with Gasteiger partial charge >= 0.3 is 6.18 Å². The minimum Gasteiger partial charge on any atom is -0.467 e. The molecule has 4 nitrogen and oxygen atoms in total. The zero-order valence-electron chi connectivity index (χ0n) is 12.0. The summed E-state index contributed by atoms with van der Waals surface area (Å²) in [6, 6.07) is 8.16. The number of hydrogen-bond acceptors (Lipinski definition) is 3. The van der Waals surface area contributed by atoms with E-state index >= 15 is 0 Å². The molecule has 1 aromatic carbocycles. The molecule has 2 aromatic rings. The number of nitrogens with one attached hydrogen (secondary N) is 1. The van der Waals surface area contributed by atoms with Crippen LogP contribution in [0.15, 0.2) is 36.5 Å². The maximum atomic E-state index is 12.1. The molecule has 0 atom stereocenters. The summed E-state index contributed by atoms with van der Waals surface area (Å²) in [5.41, 5.74) is 0.808. The van der Waals surface area contributed by atoms with E-state index in [1.807, 2.05) is 0 Å². The summed E-state index contributed by atoms with van der Waals surface area (Å²) >= 11 is 11.8. The highest BCUT2D eigenvalue weighted by Crippen LogP contribution is 2.25. The van der Waals surface area contributed by atoms with E-state index in [9.17, 15) is 18.0 Å². The molecule has 1 N–H and O–H groups in total. The van der Waals surface area contributed by atoms with Gasteiger partial charge < -0.3 is 10.1 Å². The van der Waals surface area contributed by atoms with Gasteiger partial charge in [-0.15, -0.1) is 0 Å². The van der Waals surface area contributed by atoms with Crippen LogP contribution in [0.2, 0.25) is 10.0 Å². The number of nitrogens with zero attached hydrogens (tertiary/aromatic N) is 1. The lowest BCUT2D eigenvalue weighted by Gasteiger charge is -2.11. The van der Waals surface area contributed by atoms with E-state index in [0.29, 0.717) is 5.02 Å². The molecule has 0 unspecified atom stereocenters. The first-order chi connectivity index (χ1) is 11.3. The van der Waals surface area contributed by atoms with Crippen molar-refractivity contribution in [3.8, 4) is 5.88 Å². The van der Waals surface area contributed by atoms with E-state index in [0.717, 1.165) is 11.8 Å². The number of ether oxygens (including phenoxy) is 1. The molecule has 0 fully saturated rings. The smallest absolute Gasteiger partial charge is 0.422 e. The van der Waals surface area contributed by atoms with E-state index in [1.165, 1.54) is 6.07 Å². The van der Waals surface area contributed by atoms with Gasteiger partial charge in [0.2, 0.25) is 5.88 Å². The molecular formula is C15H11Cl2F3N2O2. The van der Waals surface area contributed by atoms with Gasteiger partial charge in [0.15, 0.2) is 6.61 Å². The third-order valence-electron chi connectivity index (χ3n) is 2.84. The molecule has 0 radical (unpaired) electrons. The van der Waals surface area contributed by atoms with E-state index in [1.54, 1.807) is 24.3 Å². The SMILES string of the molecule is O=C(NCc1ccccc1Cl)c1cnc(OCC(F)(F)F)c(Cl)c1. The average molecular weight is 379 g/mol. The molecule has 2 rings (SSSR count). The Morgan fingerprint density at radius 2 is 1.92 bits per heavy atom. The number of benzene rings is 1. The van der Waals surface area contributed by atoms with E-state index in [4.69, 9.17) is 23.2 Å². The fourth-order valence-corrected chi connectivity index (χ4v) is 2.15. The van der Waals surface area contributed by atoms with Gasteiger partial charge in [-0.05, 0) is 17.7 Å². The standard InChI is InChI=1S/C15H11Cl2F3N2O2/c16-11-4-2-1-3-9(11)6-21-13(23)10-5-12(17)14(22-7-10)24-8-15(18,19)20/h1-5,7H,6,8H2,(H,21,23). The van der Waals surface area contributed by atoms with Gasteiger partial charge in [-0.2, -0.15) is 13.2 Å². The van der Waals surface area contributed by atoms with Crippen LogP contribution in [0.3, 0.4) is 0 Å². The van der Waals surface area contributed by atoms with Crippen LogP contribution < -0.4 is 10.1 Å². The zero-order valence-corrected chi connectivity index (χ0v) is 13.5. The predicted octanol–water partition coefficient (Wildman–Crippen LogP) is 4.26. The molecule has 1 amide bonds. The number of aromatic nitrogens is 1. The summed E-state index contributed by atoms with van der Waals surface area (Å²) in [6.45, 7) is -1.33. The van der Waals surface area contributed by atoms with Crippen molar-refractivity contribution in [2.75, 3.05) is 6.61 Å². The Bertz CT molecular complexity index is 739. The van der Waals surface area contributed by atoms with Gasteiger partial charge in [-0.3, -0.25) is 4.79 Å². The van der Waals surface area contributed by atoms with Crippen molar-refractivity contribution in [2.24, 2.45) is 0 Å². The highest BCUT2D eigenvalue weighted by Gasteiger charge is 2.29. The third-order valence-corrected chi connectivity index (χ3v) is 3.48. The number of amides is 1. The number of carbonyl (C=O) groups excluding carboxylic acids is 1. The van der Waals surface area contributed by atoms with Crippen LogP contribution in [0.5, 0.6) is 5.88 Å². The van der Waals surface area contributed by atoms with E-state index in [-0.39, 0.29) is 17.1 Å². The molecule has 0 saturated carbocycles. The van der Waals surface area contributed by atoms with Crippen molar-refractivity contribution in [3.05, 3.63) is 57.7 Å². The molecule has 24 heavy (non-hydrogen) atoms. The second-order valence-corrected chi connectivity index (χ2v) is 5.50. The molecule has 0 saturated heterocycles. The molecule has 0 bridgehead atoms. The Labute approximate surface area is 145 Å². The highest BCUT2D eigenvalue weighted by atomic mass is 35.5. The molecule has 9 heteroatoms. The van der Waals surface area contributed by atoms with Crippen LogP contribution in [-0.4, -0.2) is 23.7 Å². The normalized spacial score (nSPS) is 11.2. The Morgan fingerprint density at radius 3 is 2.54 bits per heavy atom. The minimum atomic E-state index is -4.50. The van der Waals surface area contributed by atoms with Crippen LogP contribution in [0, 0.1) is 0 Å². The number of rotatable bonds is 5. The zero-order chi connectivity index (χ0) is 17.7. The van der Waals surface area contributed by atoms with Gasteiger partial charge in [0.25, 0.3) is 5.91 Å². The summed E-state index contributed by atoms with van der Waals surface area (Å²) < 4.78 is 40.8. The van der Waals surface area contributed by atoms with E-state index < -0.39 is 24.6 Å². The first kappa shape index (κ1) is 18.4. The summed E-state index contributed by atoms with van der Waals surface area (Å²) in [5, 5.41) is 2.93. The molecule has 0 aliphatic heterocycles. The van der Waals surface area contributed by atoms with Crippen molar-refractivity contribution in [3.63, 3.8) is 0 Å². The predicted molar refractivity (Wildman–Crippen MR) is 83.4 cm³/mol. The summed E-state index contributed by atoms with van der Waals surface area (Å²) in [5.74, 6) is -0.886. The van der Waals surface area contributed by atoms with Crippen LogP contribution in [0.25, 0.3) is 0 Å². The molecule has 1 heterocycles. The van der Waals surface area contributed by atoms with Gasteiger partial charge in [0.05, 0.1) is 5.56 Å². The van der Waals surface area contributed by atoms with Gasteiger partial charge in [0.1, 0.15) is 5.02 Å². The largest absolute Gasteiger partial charge is 0.467 e. The van der Waals surface area contributed by atoms with Crippen molar-refractivity contribution < 1.29 is 22.7 Å². The monoisotopic (exact) mass is 378 g/mol. The van der Waals surface area contributed by atoms with Crippen molar-refractivity contribution in [1.29, 1.82) is 0 Å². The number of hydrogen-bond donors (Lipinski definition) is 1. The fourth-order valence-electron chi connectivity index (χ4n) is 1.73. The summed E-state index contributed by atoms with van der Waals surface area (Å²) in [4.78, 5) is 15.7. The number of halogens is 5. The Morgan fingerprint density at radius 1 is 1.21 bits per heavy atom. The number of alkyl halides is 3. The van der Waals surface area contributed by atoms with E-state index in [2.05, 4.69) is 15.0 Å². The Balaban J connectivity index is 2.00. The third kappa shape index (κ3) is 5.28. The van der Waals surface area contributed by atoms with Crippen LogP contribution in [0.4, 0.5) is 13.2 Å². The van der Waals surface area contributed by atoms with Crippen LogP contribution in [0.1, 0.15) is 15.9 Å². The van der Waals surface area contributed by atoms with Crippen LogP contribution in [-0.2, 0) is 6.54 Å². The van der Waals surface area contributed by atoms with Gasteiger partial charge in [-0.1, -0.05) is 41.4 Å². The molecule has 0 aliphatic rings. The lowest BCUT2D eigenvalue weighted by molar-refractivity contribution is -0.154. The van der Waals surface area contributed by atoms with Crippen molar-refractivity contribution in [1.82, 2.24) is 10.3 Å². The lowest BCUT2D eigenvalue weighted by atomic mass is 10.2. The second kappa shape index (κ2) is 7.72. The second-order valence-electron chi connectivity index (χ2n) is 4.69. The molecular weight excluding hydrogens is 368 g/mol. The lowest BCUT2D eigenvalue weighted by Crippen LogP contribution is -2.23. The summed E-state index contributed by atoms with van der Waals surface area (Å²) in [7, 11) is 0. The Kier molecular flexibility index (Phi) is 5.90. The average Bonchev–Trinajstić information content (AvgIpc) is 2.51. The molecule has 0 spiro atoms. The van der Waals surface area contributed by atoms with Crippen LogP contribution >= 0.6 is 23.2 Å². The molecule has 0 aliphatic carbocycles. The minimum absolute atomic E-state index is 0.0893. The number of carbonyl (C=O) groups is 1. The first-order valence-corrected chi connectivity index (χ1v) is 7.38. The van der Waals surface area contributed by atoms with Crippen molar-refractivity contribution >= 4 is 29.1 Å². The maximum Gasteiger partial charge on any atom is 0.422 e. The molecule has 128 valence electrons. The number of pyridine rings is 1. The topological polar surface area (TPSA) is 51.2 Å². The fraction of sp³-hybridized carbons (Fsp3) is 0.200.